The summed E-state index contributed by atoms with van der Waals surface area (Å²) in [6, 6.07) is 0. The Morgan fingerprint density at radius 2 is 1.52 bits per heavy atom. The number of carbonyl (C=O) groups is 3. The van der Waals surface area contributed by atoms with Gasteiger partial charge in [0.1, 0.15) is 0 Å². The first-order valence-electron chi connectivity index (χ1n) is 8.14. The Hall–Kier alpha value is -1.39. The molecular weight excluding hydrogens is 270 g/mol. The lowest BCUT2D eigenvalue weighted by Gasteiger charge is -2.35. The highest BCUT2D eigenvalue weighted by atomic mass is 16.4. The van der Waals surface area contributed by atoms with Crippen molar-refractivity contribution in [3.8, 4) is 0 Å². The highest BCUT2D eigenvalue weighted by molar-refractivity contribution is 6.05. The molecule has 0 spiro atoms. The fourth-order valence-electron chi connectivity index (χ4n) is 4.36. The van der Waals surface area contributed by atoms with E-state index in [1.807, 2.05) is 0 Å². The molecule has 1 saturated heterocycles. The van der Waals surface area contributed by atoms with Crippen molar-refractivity contribution in [2.75, 3.05) is 6.54 Å². The minimum atomic E-state index is -0.906. The second-order valence-electron chi connectivity index (χ2n) is 6.91. The second kappa shape index (κ2) is 5.43. The van der Waals surface area contributed by atoms with Crippen molar-refractivity contribution in [3.63, 3.8) is 0 Å². The van der Waals surface area contributed by atoms with Crippen molar-refractivity contribution in [1.82, 2.24) is 4.90 Å². The van der Waals surface area contributed by atoms with Gasteiger partial charge in [-0.05, 0) is 25.7 Å². The summed E-state index contributed by atoms with van der Waals surface area (Å²) >= 11 is 0. The molecule has 5 nitrogen and oxygen atoms in total. The Balaban J connectivity index is 1.81. The van der Waals surface area contributed by atoms with Gasteiger partial charge in [-0.3, -0.25) is 19.3 Å². The number of imide groups is 1. The van der Waals surface area contributed by atoms with E-state index < -0.39 is 11.4 Å². The normalized spacial score (nSPS) is 32.1. The monoisotopic (exact) mass is 293 g/mol. The number of fused-ring (bicyclic) bond motifs is 1. The van der Waals surface area contributed by atoms with Crippen molar-refractivity contribution < 1.29 is 19.5 Å². The number of aliphatic carboxylic acids is 1. The van der Waals surface area contributed by atoms with Crippen molar-refractivity contribution >= 4 is 17.8 Å². The molecular formula is C16H23NO4. The fraction of sp³-hybridized carbons (Fsp3) is 0.812. The zero-order valence-electron chi connectivity index (χ0n) is 12.3. The predicted molar refractivity (Wildman–Crippen MR) is 75.3 cm³/mol. The van der Waals surface area contributed by atoms with Gasteiger partial charge in [0.05, 0.1) is 17.3 Å². The Morgan fingerprint density at radius 3 is 2.00 bits per heavy atom. The molecule has 0 aromatic heterocycles. The van der Waals surface area contributed by atoms with E-state index in [-0.39, 0.29) is 30.2 Å². The fourth-order valence-corrected chi connectivity index (χ4v) is 4.36. The Morgan fingerprint density at radius 1 is 1.00 bits per heavy atom. The molecule has 2 saturated carbocycles. The van der Waals surface area contributed by atoms with E-state index in [0.29, 0.717) is 12.8 Å². The van der Waals surface area contributed by atoms with Crippen LogP contribution in [0.4, 0.5) is 0 Å². The molecule has 1 heterocycles. The molecule has 116 valence electrons. The average Bonchev–Trinajstić information content (AvgIpc) is 2.74. The SMILES string of the molecule is O=C1C2CCCCC2C(=O)N1CC1(C(=O)O)CCCCC1. The molecule has 3 aliphatic rings. The van der Waals surface area contributed by atoms with Gasteiger partial charge in [0, 0.05) is 6.54 Å². The van der Waals surface area contributed by atoms with Crippen LogP contribution in [0.5, 0.6) is 0 Å². The average molecular weight is 293 g/mol. The Labute approximate surface area is 124 Å². The Bertz CT molecular complexity index is 443. The van der Waals surface area contributed by atoms with Crippen LogP contribution in [-0.4, -0.2) is 34.3 Å². The van der Waals surface area contributed by atoms with Crippen molar-refractivity contribution in [2.45, 2.75) is 57.8 Å². The van der Waals surface area contributed by atoms with E-state index in [1.54, 1.807) is 0 Å². The molecule has 2 unspecified atom stereocenters. The molecule has 3 fully saturated rings. The van der Waals surface area contributed by atoms with Gasteiger partial charge in [-0.1, -0.05) is 32.1 Å². The van der Waals surface area contributed by atoms with Crippen LogP contribution in [0.15, 0.2) is 0 Å². The second-order valence-corrected chi connectivity index (χ2v) is 6.91. The number of amides is 2. The first-order chi connectivity index (χ1) is 10.1. The molecule has 0 aromatic rings. The number of carboxylic acids is 1. The molecule has 1 N–H and O–H groups in total. The van der Waals surface area contributed by atoms with Crippen LogP contribution in [0.3, 0.4) is 0 Å². The van der Waals surface area contributed by atoms with Gasteiger partial charge in [0.25, 0.3) is 0 Å². The summed E-state index contributed by atoms with van der Waals surface area (Å²) in [4.78, 5) is 38.0. The van der Waals surface area contributed by atoms with E-state index in [0.717, 1.165) is 44.9 Å². The van der Waals surface area contributed by atoms with Crippen LogP contribution in [0.25, 0.3) is 0 Å². The summed E-state index contributed by atoms with van der Waals surface area (Å²) in [7, 11) is 0. The maximum Gasteiger partial charge on any atom is 0.311 e. The molecule has 0 bridgehead atoms. The van der Waals surface area contributed by atoms with Crippen LogP contribution in [-0.2, 0) is 14.4 Å². The summed E-state index contributed by atoms with van der Waals surface area (Å²) in [5, 5.41) is 9.63. The minimum absolute atomic E-state index is 0.0903. The number of hydrogen-bond donors (Lipinski definition) is 1. The molecule has 2 amide bonds. The summed E-state index contributed by atoms with van der Waals surface area (Å²) in [5.41, 5.74) is -0.906. The lowest BCUT2D eigenvalue weighted by Crippen LogP contribution is -2.47. The summed E-state index contributed by atoms with van der Waals surface area (Å²) < 4.78 is 0. The largest absolute Gasteiger partial charge is 0.481 e. The Kier molecular flexibility index (Phi) is 3.76. The summed E-state index contributed by atoms with van der Waals surface area (Å²) in [6.07, 6.45) is 7.50. The first kappa shape index (κ1) is 14.5. The molecule has 2 atom stereocenters. The molecule has 21 heavy (non-hydrogen) atoms. The maximum absolute atomic E-state index is 12.5. The smallest absolute Gasteiger partial charge is 0.311 e. The van der Waals surface area contributed by atoms with E-state index in [9.17, 15) is 19.5 Å². The minimum Gasteiger partial charge on any atom is -0.481 e. The molecule has 2 aliphatic carbocycles. The van der Waals surface area contributed by atoms with Crippen LogP contribution in [0.2, 0.25) is 0 Å². The van der Waals surface area contributed by atoms with E-state index in [1.165, 1.54) is 4.90 Å². The van der Waals surface area contributed by atoms with Gasteiger partial charge in [0.15, 0.2) is 0 Å². The number of rotatable bonds is 3. The number of carbonyl (C=O) groups excluding carboxylic acids is 2. The van der Waals surface area contributed by atoms with Crippen molar-refractivity contribution in [3.05, 3.63) is 0 Å². The topological polar surface area (TPSA) is 74.7 Å². The quantitative estimate of drug-likeness (QED) is 0.809. The summed E-state index contributed by atoms with van der Waals surface area (Å²) in [6.45, 7) is 0.0903. The van der Waals surface area contributed by atoms with Gasteiger partial charge in [-0.25, -0.2) is 0 Å². The van der Waals surface area contributed by atoms with E-state index in [4.69, 9.17) is 0 Å². The third-order valence-electron chi connectivity index (χ3n) is 5.66. The van der Waals surface area contributed by atoms with Crippen molar-refractivity contribution in [2.24, 2.45) is 17.3 Å². The lowest BCUT2D eigenvalue weighted by molar-refractivity contribution is -0.155. The van der Waals surface area contributed by atoms with Crippen LogP contribution >= 0.6 is 0 Å². The highest BCUT2D eigenvalue weighted by Gasteiger charge is 2.52. The predicted octanol–water partition coefficient (Wildman–Crippen LogP) is 2.20. The molecule has 3 rings (SSSR count). The number of nitrogens with zero attached hydrogens (tertiary/aromatic N) is 1. The molecule has 5 heteroatoms. The van der Waals surface area contributed by atoms with Gasteiger partial charge in [-0.2, -0.15) is 0 Å². The standard InChI is InChI=1S/C16H23NO4/c18-13-11-6-2-3-7-12(11)14(19)17(13)10-16(15(20)21)8-4-1-5-9-16/h11-12H,1-10H2,(H,20,21). The van der Waals surface area contributed by atoms with E-state index >= 15 is 0 Å². The van der Waals surface area contributed by atoms with Crippen molar-refractivity contribution in [1.29, 1.82) is 0 Å². The van der Waals surface area contributed by atoms with Gasteiger partial charge in [-0.15, -0.1) is 0 Å². The summed E-state index contributed by atoms with van der Waals surface area (Å²) in [5.74, 6) is -1.44. The molecule has 1 aliphatic heterocycles. The third kappa shape index (κ3) is 2.36. The zero-order valence-corrected chi connectivity index (χ0v) is 12.3. The van der Waals surface area contributed by atoms with Crippen LogP contribution < -0.4 is 0 Å². The molecule has 0 radical (unpaired) electrons. The highest BCUT2D eigenvalue weighted by Crippen LogP contribution is 2.42. The maximum atomic E-state index is 12.5. The van der Waals surface area contributed by atoms with E-state index in [2.05, 4.69) is 0 Å². The number of likely N-dealkylation sites (tertiary alicyclic amines) is 1. The van der Waals surface area contributed by atoms with Crippen LogP contribution in [0, 0.1) is 17.3 Å². The van der Waals surface area contributed by atoms with Gasteiger partial charge >= 0.3 is 5.97 Å². The van der Waals surface area contributed by atoms with Gasteiger partial charge < -0.3 is 5.11 Å². The number of hydrogen-bond acceptors (Lipinski definition) is 3. The first-order valence-corrected chi connectivity index (χ1v) is 8.14. The van der Waals surface area contributed by atoms with Crippen LogP contribution in [0.1, 0.15) is 57.8 Å². The third-order valence-corrected chi connectivity index (χ3v) is 5.66. The molecule has 0 aromatic carbocycles. The number of carboxylic acid groups (broad SMARTS) is 1. The van der Waals surface area contributed by atoms with Gasteiger partial charge in [0.2, 0.25) is 11.8 Å². The zero-order chi connectivity index (χ0) is 15.0. The lowest BCUT2D eigenvalue weighted by atomic mass is 9.73.